The average molecular weight is 231 g/mol. The molecule has 17 heavy (non-hydrogen) atoms. The molecule has 1 heteroatoms. The molecule has 1 N–H and O–H groups in total. The van der Waals surface area contributed by atoms with Gasteiger partial charge in [0.2, 0.25) is 0 Å². The third-order valence-electron chi connectivity index (χ3n) is 7.24. The van der Waals surface area contributed by atoms with Gasteiger partial charge in [-0.1, -0.05) is 6.42 Å². The summed E-state index contributed by atoms with van der Waals surface area (Å²) in [6, 6.07) is 0.973. The fourth-order valence-electron chi connectivity index (χ4n) is 6.51. The first-order valence-corrected chi connectivity index (χ1v) is 8.13. The van der Waals surface area contributed by atoms with Gasteiger partial charge in [0, 0.05) is 6.04 Å². The van der Waals surface area contributed by atoms with Crippen molar-refractivity contribution in [1.29, 1.82) is 0 Å². The van der Waals surface area contributed by atoms with E-state index in [4.69, 9.17) is 0 Å². The maximum atomic E-state index is 3.99. The predicted octanol–water partition coefficient (Wildman–Crippen LogP) is 3.06. The first-order valence-electron chi connectivity index (χ1n) is 8.13. The second kappa shape index (κ2) is 3.29. The van der Waals surface area contributed by atoms with Crippen LogP contribution in [0.25, 0.3) is 0 Å². The minimum atomic E-state index is 0.973. The molecule has 0 aliphatic heterocycles. The van der Waals surface area contributed by atoms with Crippen molar-refractivity contribution in [2.24, 2.45) is 41.4 Å². The van der Waals surface area contributed by atoms with Crippen LogP contribution in [0.15, 0.2) is 0 Å². The van der Waals surface area contributed by atoms with Crippen LogP contribution in [0, 0.1) is 41.4 Å². The van der Waals surface area contributed by atoms with Gasteiger partial charge < -0.3 is 5.32 Å². The summed E-state index contributed by atoms with van der Waals surface area (Å²) in [5.41, 5.74) is 0. The molecule has 5 fully saturated rings. The second-order valence-corrected chi connectivity index (χ2v) is 7.86. The lowest BCUT2D eigenvalue weighted by Crippen LogP contribution is -2.31. The molecule has 7 atom stereocenters. The number of hydrogen-bond donors (Lipinski definition) is 1. The van der Waals surface area contributed by atoms with Gasteiger partial charge in [-0.3, -0.25) is 0 Å². The molecule has 4 bridgehead atoms. The molecule has 0 spiro atoms. The Bertz CT molecular complexity index is 322. The average Bonchev–Trinajstić information content (AvgIpc) is 2.85. The highest BCUT2D eigenvalue weighted by molar-refractivity contribution is 5.16. The molecule has 0 aromatic carbocycles. The van der Waals surface area contributed by atoms with Crippen LogP contribution in [0.4, 0.5) is 0 Å². The van der Waals surface area contributed by atoms with Gasteiger partial charge in [0.25, 0.3) is 0 Å². The van der Waals surface area contributed by atoms with Gasteiger partial charge in [-0.25, -0.2) is 0 Å². The van der Waals surface area contributed by atoms with Crippen molar-refractivity contribution in [2.75, 3.05) is 6.54 Å². The quantitative estimate of drug-likeness (QED) is 0.787. The molecule has 94 valence electrons. The second-order valence-electron chi connectivity index (χ2n) is 7.86. The van der Waals surface area contributed by atoms with Crippen LogP contribution in [-0.2, 0) is 0 Å². The minimum Gasteiger partial charge on any atom is -0.313 e. The summed E-state index contributed by atoms with van der Waals surface area (Å²) in [5, 5.41) is 3.99. The highest BCUT2D eigenvalue weighted by Gasteiger charge is 2.64. The van der Waals surface area contributed by atoms with Crippen molar-refractivity contribution < 1.29 is 0 Å². The zero-order chi connectivity index (χ0) is 11.0. The van der Waals surface area contributed by atoms with Crippen LogP contribution in [0.2, 0.25) is 0 Å². The van der Waals surface area contributed by atoms with Crippen molar-refractivity contribution >= 4 is 0 Å². The summed E-state index contributed by atoms with van der Waals surface area (Å²) in [7, 11) is 0. The lowest BCUT2D eigenvalue weighted by atomic mass is 9.89. The molecule has 0 aromatic rings. The van der Waals surface area contributed by atoms with E-state index in [9.17, 15) is 0 Å². The fraction of sp³-hybridized carbons (Fsp3) is 1.00. The van der Waals surface area contributed by atoms with Gasteiger partial charge in [-0.05, 0) is 86.5 Å². The van der Waals surface area contributed by atoms with Crippen LogP contribution in [0.5, 0.6) is 0 Å². The molecule has 5 aliphatic carbocycles. The standard InChI is InChI=1S/C16H25N/c1-2-10-5-9(1)6-13(10)8-17-16-14-11-3-4-12(7-11)15(14)16/h9-17H,1-8H2. The van der Waals surface area contributed by atoms with Crippen LogP contribution in [-0.4, -0.2) is 12.6 Å². The van der Waals surface area contributed by atoms with E-state index in [1.807, 2.05) is 0 Å². The predicted molar refractivity (Wildman–Crippen MR) is 68.5 cm³/mol. The number of fused-ring (bicyclic) bond motifs is 7. The topological polar surface area (TPSA) is 12.0 Å². The first kappa shape index (κ1) is 9.83. The molecular formula is C16H25N. The van der Waals surface area contributed by atoms with Crippen LogP contribution in [0.1, 0.15) is 44.9 Å². The van der Waals surface area contributed by atoms with Crippen LogP contribution < -0.4 is 5.32 Å². The highest BCUT2D eigenvalue weighted by Crippen LogP contribution is 2.65. The molecule has 0 saturated heterocycles. The third kappa shape index (κ3) is 1.30. The maximum absolute atomic E-state index is 3.99. The lowest BCUT2D eigenvalue weighted by molar-refractivity contribution is 0.309. The normalized spacial score (nSPS) is 62.1. The van der Waals surface area contributed by atoms with Crippen molar-refractivity contribution in [3.63, 3.8) is 0 Å². The van der Waals surface area contributed by atoms with E-state index in [0.717, 1.165) is 47.5 Å². The Morgan fingerprint density at radius 2 is 1.53 bits per heavy atom. The Labute approximate surface area is 105 Å². The largest absolute Gasteiger partial charge is 0.313 e. The van der Waals surface area contributed by atoms with E-state index in [0.29, 0.717) is 0 Å². The molecule has 0 aromatic heterocycles. The Balaban J connectivity index is 1.19. The molecule has 5 saturated carbocycles. The molecule has 0 radical (unpaired) electrons. The van der Waals surface area contributed by atoms with Gasteiger partial charge in [-0.2, -0.15) is 0 Å². The summed E-state index contributed by atoms with van der Waals surface area (Å²) in [6.45, 7) is 1.37. The summed E-state index contributed by atoms with van der Waals surface area (Å²) in [6.07, 6.45) is 11.0. The Hall–Kier alpha value is -0.0400. The van der Waals surface area contributed by atoms with Crippen molar-refractivity contribution in [3.05, 3.63) is 0 Å². The summed E-state index contributed by atoms with van der Waals surface area (Å²) in [4.78, 5) is 0. The van der Waals surface area contributed by atoms with Crippen molar-refractivity contribution in [2.45, 2.75) is 51.0 Å². The van der Waals surface area contributed by atoms with Gasteiger partial charge in [0.1, 0.15) is 0 Å². The van der Waals surface area contributed by atoms with Crippen molar-refractivity contribution in [3.8, 4) is 0 Å². The number of nitrogens with one attached hydrogen (secondary N) is 1. The molecule has 1 nitrogen and oxygen atoms in total. The minimum absolute atomic E-state index is 0.973. The van der Waals surface area contributed by atoms with E-state index in [2.05, 4.69) is 5.32 Å². The van der Waals surface area contributed by atoms with E-state index >= 15 is 0 Å². The van der Waals surface area contributed by atoms with E-state index in [1.165, 1.54) is 6.54 Å². The third-order valence-corrected chi connectivity index (χ3v) is 7.24. The fourth-order valence-corrected chi connectivity index (χ4v) is 6.51. The molecule has 5 rings (SSSR count). The Kier molecular flexibility index (Phi) is 1.90. The lowest BCUT2D eigenvalue weighted by Gasteiger charge is -2.22. The van der Waals surface area contributed by atoms with Gasteiger partial charge in [0.05, 0.1) is 0 Å². The molecule has 0 heterocycles. The molecule has 5 aliphatic rings. The molecular weight excluding hydrogens is 206 g/mol. The van der Waals surface area contributed by atoms with Gasteiger partial charge in [0.15, 0.2) is 0 Å². The molecule has 0 amide bonds. The SMILES string of the molecule is C1CC2CC1CC2CNC1C2C3CCC(C3)C12. The van der Waals surface area contributed by atoms with Crippen molar-refractivity contribution in [1.82, 2.24) is 5.32 Å². The Morgan fingerprint density at radius 3 is 2.18 bits per heavy atom. The smallest absolute Gasteiger partial charge is 0.0136 e. The first-order chi connectivity index (χ1) is 8.40. The number of rotatable bonds is 3. The summed E-state index contributed by atoms with van der Waals surface area (Å²) < 4.78 is 0. The van der Waals surface area contributed by atoms with E-state index in [-0.39, 0.29) is 0 Å². The Morgan fingerprint density at radius 1 is 0.765 bits per heavy atom. The van der Waals surface area contributed by atoms with E-state index < -0.39 is 0 Å². The van der Waals surface area contributed by atoms with Crippen LogP contribution in [0.3, 0.4) is 0 Å². The van der Waals surface area contributed by atoms with Gasteiger partial charge in [-0.15, -0.1) is 0 Å². The van der Waals surface area contributed by atoms with Gasteiger partial charge >= 0.3 is 0 Å². The molecule has 7 unspecified atom stereocenters. The van der Waals surface area contributed by atoms with Crippen LogP contribution >= 0.6 is 0 Å². The monoisotopic (exact) mass is 231 g/mol. The zero-order valence-corrected chi connectivity index (χ0v) is 10.8. The summed E-state index contributed by atoms with van der Waals surface area (Å²) in [5.74, 6) is 7.85. The highest BCUT2D eigenvalue weighted by atomic mass is 15.0. The zero-order valence-electron chi connectivity index (χ0n) is 10.8. The summed E-state index contributed by atoms with van der Waals surface area (Å²) >= 11 is 0. The van der Waals surface area contributed by atoms with E-state index in [1.54, 1.807) is 44.9 Å². The maximum Gasteiger partial charge on any atom is 0.0136 e. The number of hydrogen-bond acceptors (Lipinski definition) is 1.